The number of amides is 1. The Bertz CT molecular complexity index is 687. The van der Waals surface area contributed by atoms with Gasteiger partial charge in [0.2, 0.25) is 6.79 Å². The van der Waals surface area contributed by atoms with E-state index in [1.54, 1.807) is 6.07 Å². The quantitative estimate of drug-likeness (QED) is 0.828. The van der Waals surface area contributed by atoms with Gasteiger partial charge in [-0.05, 0) is 58.6 Å². The van der Waals surface area contributed by atoms with E-state index in [2.05, 4.69) is 21.2 Å². The molecule has 2 aromatic carbocycles. The molecule has 0 spiro atoms. The van der Waals surface area contributed by atoms with E-state index in [-0.39, 0.29) is 5.91 Å². The van der Waals surface area contributed by atoms with E-state index >= 15 is 0 Å². The topological polar surface area (TPSA) is 47.6 Å². The highest BCUT2D eigenvalue weighted by atomic mass is 79.9. The predicted octanol–water partition coefficient (Wildman–Crippen LogP) is 3.54. The summed E-state index contributed by atoms with van der Waals surface area (Å²) in [5.41, 5.74) is 1.84. The number of halogens is 1. The van der Waals surface area contributed by atoms with Gasteiger partial charge in [0, 0.05) is 11.0 Å². The Morgan fingerprint density at radius 3 is 2.82 bits per heavy atom. The number of carbonyl (C=O) groups excluding carboxylic acids is 1. The largest absolute Gasteiger partial charge is 0.454 e. The molecule has 1 N–H and O–H groups in total. The highest BCUT2D eigenvalue weighted by molar-refractivity contribution is 9.10. The van der Waals surface area contributed by atoms with Crippen molar-refractivity contribution in [2.45, 2.75) is 12.8 Å². The van der Waals surface area contributed by atoms with Gasteiger partial charge in [-0.1, -0.05) is 18.2 Å². The van der Waals surface area contributed by atoms with E-state index in [1.165, 1.54) is 5.56 Å². The van der Waals surface area contributed by atoms with Crippen LogP contribution in [0.1, 0.15) is 22.3 Å². The number of rotatable bonds is 5. The average molecular weight is 362 g/mol. The van der Waals surface area contributed by atoms with Crippen LogP contribution in [0.3, 0.4) is 0 Å². The Balaban J connectivity index is 1.48. The van der Waals surface area contributed by atoms with Crippen LogP contribution in [-0.4, -0.2) is 19.2 Å². The van der Waals surface area contributed by atoms with E-state index in [9.17, 15) is 4.79 Å². The lowest BCUT2D eigenvalue weighted by Gasteiger charge is -2.07. The van der Waals surface area contributed by atoms with Crippen LogP contribution in [0.15, 0.2) is 46.9 Å². The van der Waals surface area contributed by atoms with Crippen molar-refractivity contribution in [2.75, 3.05) is 13.3 Å². The number of carbonyl (C=O) groups is 1. The molecule has 3 rings (SSSR count). The third-order valence-corrected chi connectivity index (χ3v) is 4.17. The van der Waals surface area contributed by atoms with Gasteiger partial charge in [-0.3, -0.25) is 4.79 Å². The average Bonchev–Trinajstić information content (AvgIpc) is 2.99. The van der Waals surface area contributed by atoms with Crippen molar-refractivity contribution >= 4 is 21.8 Å². The molecule has 0 radical (unpaired) electrons. The molecule has 1 aliphatic rings. The second kappa shape index (κ2) is 6.83. The van der Waals surface area contributed by atoms with Gasteiger partial charge in [0.15, 0.2) is 11.5 Å². The summed E-state index contributed by atoms with van der Waals surface area (Å²) >= 11 is 3.38. The zero-order valence-corrected chi connectivity index (χ0v) is 13.6. The van der Waals surface area contributed by atoms with Crippen LogP contribution in [0, 0.1) is 0 Å². The molecule has 0 atom stereocenters. The smallest absolute Gasteiger partial charge is 0.252 e. The van der Waals surface area contributed by atoms with Gasteiger partial charge in [-0.25, -0.2) is 0 Å². The van der Waals surface area contributed by atoms with Crippen molar-refractivity contribution in [3.63, 3.8) is 0 Å². The van der Waals surface area contributed by atoms with Crippen molar-refractivity contribution in [2.24, 2.45) is 0 Å². The molecule has 0 saturated heterocycles. The summed E-state index contributed by atoms with van der Waals surface area (Å²) in [6, 6.07) is 13.4. The SMILES string of the molecule is O=C(NCCCc1ccc2c(c1)OCO2)c1ccccc1Br. The molecular weight excluding hydrogens is 346 g/mol. The van der Waals surface area contributed by atoms with Crippen molar-refractivity contribution in [3.05, 3.63) is 58.1 Å². The zero-order valence-electron chi connectivity index (χ0n) is 12.0. The molecule has 0 aliphatic carbocycles. The maximum atomic E-state index is 12.1. The second-order valence-corrected chi connectivity index (χ2v) is 5.88. The molecule has 0 bridgehead atoms. The van der Waals surface area contributed by atoms with E-state index in [0.29, 0.717) is 18.9 Å². The molecule has 22 heavy (non-hydrogen) atoms. The summed E-state index contributed by atoms with van der Waals surface area (Å²) in [5, 5.41) is 2.94. The highest BCUT2D eigenvalue weighted by Crippen LogP contribution is 2.32. The van der Waals surface area contributed by atoms with Crippen LogP contribution < -0.4 is 14.8 Å². The molecule has 1 heterocycles. The third-order valence-electron chi connectivity index (χ3n) is 3.48. The van der Waals surface area contributed by atoms with Gasteiger partial charge in [0.25, 0.3) is 5.91 Å². The number of benzene rings is 2. The van der Waals surface area contributed by atoms with Crippen molar-refractivity contribution in [1.29, 1.82) is 0 Å². The number of hydrogen-bond donors (Lipinski definition) is 1. The first-order chi connectivity index (χ1) is 10.7. The van der Waals surface area contributed by atoms with Gasteiger partial charge in [0.1, 0.15) is 0 Å². The van der Waals surface area contributed by atoms with Crippen LogP contribution >= 0.6 is 15.9 Å². The summed E-state index contributed by atoms with van der Waals surface area (Å²) in [7, 11) is 0. The van der Waals surface area contributed by atoms with Crippen molar-refractivity contribution < 1.29 is 14.3 Å². The molecule has 0 fully saturated rings. The minimum atomic E-state index is -0.0573. The molecule has 114 valence electrons. The third kappa shape index (κ3) is 3.42. The number of fused-ring (bicyclic) bond motifs is 1. The van der Waals surface area contributed by atoms with Crippen molar-refractivity contribution in [1.82, 2.24) is 5.32 Å². The first-order valence-corrected chi connectivity index (χ1v) is 7.94. The fraction of sp³-hybridized carbons (Fsp3) is 0.235. The van der Waals surface area contributed by atoms with Crippen LogP contribution in [0.5, 0.6) is 11.5 Å². The van der Waals surface area contributed by atoms with Crippen LogP contribution in [0.4, 0.5) is 0 Å². The molecule has 0 unspecified atom stereocenters. The summed E-state index contributed by atoms with van der Waals surface area (Å²) in [6.45, 7) is 0.926. The zero-order chi connectivity index (χ0) is 15.4. The fourth-order valence-electron chi connectivity index (χ4n) is 2.33. The maximum Gasteiger partial charge on any atom is 0.252 e. The molecule has 4 nitrogen and oxygen atoms in total. The normalized spacial score (nSPS) is 12.2. The number of aryl methyl sites for hydroxylation is 1. The number of ether oxygens (including phenoxy) is 2. The van der Waals surface area contributed by atoms with Gasteiger partial charge in [0.05, 0.1) is 5.56 Å². The molecule has 0 aromatic heterocycles. The Labute approximate surface area is 137 Å². The van der Waals surface area contributed by atoms with Crippen LogP contribution in [0.2, 0.25) is 0 Å². The van der Waals surface area contributed by atoms with Crippen LogP contribution in [-0.2, 0) is 6.42 Å². The van der Waals surface area contributed by atoms with E-state index in [0.717, 1.165) is 28.8 Å². The minimum Gasteiger partial charge on any atom is -0.454 e. The Morgan fingerprint density at radius 1 is 1.14 bits per heavy atom. The molecular formula is C17H16BrNO3. The van der Waals surface area contributed by atoms with Gasteiger partial charge in [-0.15, -0.1) is 0 Å². The first-order valence-electron chi connectivity index (χ1n) is 7.15. The van der Waals surface area contributed by atoms with E-state index < -0.39 is 0 Å². The Morgan fingerprint density at radius 2 is 1.95 bits per heavy atom. The standard InChI is InChI=1S/C17H16BrNO3/c18-14-6-2-1-5-13(14)17(20)19-9-3-4-12-7-8-15-16(10-12)22-11-21-15/h1-2,5-8,10H,3-4,9,11H2,(H,19,20). The molecule has 0 saturated carbocycles. The van der Waals surface area contributed by atoms with Gasteiger partial charge >= 0.3 is 0 Å². The molecule has 1 aliphatic heterocycles. The summed E-state index contributed by atoms with van der Waals surface area (Å²) in [6.07, 6.45) is 1.75. The summed E-state index contributed by atoms with van der Waals surface area (Å²) in [5.74, 6) is 1.54. The monoisotopic (exact) mass is 361 g/mol. The maximum absolute atomic E-state index is 12.1. The van der Waals surface area contributed by atoms with E-state index in [1.807, 2.05) is 36.4 Å². The predicted molar refractivity (Wildman–Crippen MR) is 87.4 cm³/mol. The lowest BCUT2D eigenvalue weighted by Crippen LogP contribution is -2.25. The first kappa shape index (κ1) is 14.9. The molecule has 2 aromatic rings. The van der Waals surface area contributed by atoms with E-state index in [4.69, 9.17) is 9.47 Å². The summed E-state index contributed by atoms with van der Waals surface area (Å²) in [4.78, 5) is 12.1. The summed E-state index contributed by atoms with van der Waals surface area (Å²) < 4.78 is 11.5. The van der Waals surface area contributed by atoms with Gasteiger partial charge < -0.3 is 14.8 Å². The Hall–Kier alpha value is -2.01. The second-order valence-electron chi connectivity index (χ2n) is 5.03. The lowest BCUT2D eigenvalue weighted by molar-refractivity contribution is 0.0952. The van der Waals surface area contributed by atoms with Gasteiger partial charge in [-0.2, -0.15) is 0 Å². The highest BCUT2D eigenvalue weighted by Gasteiger charge is 2.13. The Kier molecular flexibility index (Phi) is 4.63. The number of nitrogens with one attached hydrogen (secondary N) is 1. The minimum absolute atomic E-state index is 0.0573. The van der Waals surface area contributed by atoms with Crippen LogP contribution in [0.25, 0.3) is 0 Å². The number of hydrogen-bond acceptors (Lipinski definition) is 3. The van der Waals surface area contributed by atoms with Crippen molar-refractivity contribution in [3.8, 4) is 11.5 Å². The lowest BCUT2D eigenvalue weighted by atomic mass is 10.1. The fourth-order valence-corrected chi connectivity index (χ4v) is 2.80. The molecule has 1 amide bonds. The molecule has 5 heteroatoms.